The third-order valence-corrected chi connectivity index (χ3v) is 3.96. The van der Waals surface area contributed by atoms with E-state index < -0.39 is 66.4 Å². The van der Waals surface area contributed by atoms with Crippen molar-refractivity contribution in [1.29, 1.82) is 0 Å². The summed E-state index contributed by atoms with van der Waals surface area (Å²) in [5.41, 5.74) is -3.39. The van der Waals surface area contributed by atoms with Gasteiger partial charge < -0.3 is 24.1 Å². The molecular formula is C16H20N2O10. The van der Waals surface area contributed by atoms with Gasteiger partial charge in [-0.2, -0.15) is 0 Å². The van der Waals surface area contributed by atoms with Gasteiger partial charge in [0.25, 0.3) is 5.56 Å². The summed E-state index contributed by atoms with van der Waals surface area (Å²) in [6.07, 6.45) is -3.10. The molecule has 4 atom stereocenters. The molecule has 1 aliphatic rings. The van der Waals surface area contributed by atoms with Gasteiger partial charge in [0, 0.05) is 33.0 Å². The van der Waals surface area contributed by atoms with Crippen molar-refractivity contribution in [3.8, 4) is 0 Å². The fourth-order valence-electron chi connectivity index (χ4n) is 2.84. The van der Waals surface area contributed by atoms with Crippen LogP contribution in [0.25, 0.3) is 0 Å². The Morgan fingerprint density at radius 3 is 2.32 bits per heavy atom. The fraction of sp³-hybridized carbons (Fsp3) is 0.562. The van der Waals surface area contributed by atoms with Crippen LogP contribution in [0.15, 0.2) is 21.9 Å². The molecule has 0 amide bonds. The lowest BCUT2D eigenvalue weighted by atomic mass is 9.96. The van der Waals surface area contributed by atoms with Crippen molar-refractivity contribution in [2.24, 2.45) is 0 Å². The van der Waals surface area contributed by atoms with E-state index in [9.17, 15) is 29.1 Å². The van der Waals surface area contributed by atoms with Crippen molar-refractivity contribution < 1.29 is 38.4 Å². The summed E-state index contributed by atoms with van der Waals surface area (Å²) in [6, 6.07) is 1.03. The monoisotopic (exact) mass is 400 g/mol. The number of nitrogens with zero attached hydrogens (tertiary/aromatic N) is 1. The van der Waals surface area contributed by atoms with E-state index in [2.05, 4.69) is 0 Å². The lowest BCUT2D eigenvalue weighted by Gasteiger charge is -2.31. The highest BCUT2D eigenvalue weighted by atomic mass is 16.7. The first kappa shape index (κ1) is 21.3. The van der Waals surface area contributed by atoms with Crippen molar-refractivity contribution in [2.45, 2.75) is 44.8 Å². The molecule has 1 aromatic heterocycles. The first-order valence-electron chi connectivity index (χ1n) is 8.17. The summed E-state index contributed by atoms with van der Waals surface area (Å²) < 4.78 is 22.0. The predicted molar refractivity (Wildman–Crippen MR) is 89.0 cm³/mol. The highest BCUT2D eigenvalue weighted by molar-refractivity contribution is 5.68. The van der Waals surface area contributed by atoms with Crippen LogP contribution in [0, 0.1) is 0 Å². The molecule has 28 heavy (non-hydrogen) atoms. The number of aromatic amines is 1. The highest BCUT2D eigenvalue weighted by Gasteiger charge is 2.60. The Bertz CT molecular complexity index is 875. The van der Waals surface area contributed by atoms with Gasteiger partial charge in [-0.15, -0.1) is 0 Å². The third kappa shape index (κ3) is 4.46. The fourth-order valence-corrected chi connectivity index (χ4v) is 2.84. The summed E-state index contributed by atoms with van der Waals surface area (Å²) in [5.74, 6) is -2.28. The Hall–Kier alpha value is -2.99. The maximum absolute atomic E-state index is 12.2. The second-order valence-electron chi connectivity index (χ2n) is 6.13. The summed E-state index contributed by atoms with van der Waals surface area (Å²) in [4.78, 5) is 60.0. The van der Waals surface area contributed by atoms with Crippen LogP contribution in [0.4, 0.5) is 0 Å². The molecule has 1 aliphatic heterocycles. The number of hydrogen-bond acceptors (Lipinski definition) is 10. The van der Waals surface area contributed by atoms with Gasteiger partial charge in [-0.1, -0.05) is 0 Å². The average Bonchev–Trinajstić information content (AvgIpc) is 2.86. The van der Waals surface area contributed by atoms with Gasteiger partial charge in [0.15, 0.2) is 24.0 Å². The molecule has 2 N–H and O–H groups in total. The van der Waals surface area contributed by atoms with E-state index in [-0.39, 0.29) is 0 Å². The number of aliphatic hydroxyl groups is 1. The number of ether oxygens (including phenoxy) is 4. The van der Waals surface area contributed by atoms with E-state index in [1.54, 1.807) is 0 Å². The molecule has 0 aliphatic carbocycles. The van der Waals surface area contributed by atoms with E-state index in [1.165, 1.54) is 0 Å². The molecule has 0 bridgehead atoms. The molecule has 12 nitrogen and oxygen atoms in total. The van der Waals surface area contributed by atoms with Crippen LogP contribution in [-0.2, 0) is 33.3 Å². The second kappa shape index (κ2) is 8.35. The largest absolute Gasteiger partial charge is 0.463 e. The molecule has 2 rings (SSSR count). The number of carbonyl (C=O) groups excluding carboxylic acids is 3. The van der Waals surface area contributed by atoms with Crippen LogP contribution in [0.2, 0.25) is 0 Å². The van der Waals surface area contributed by atoms with E-state index in [0.29, 0.717) is 0 Å². The zero-order chi connectivity index (χ0) is 21.1. The minimum Gasteiger partial charge on any atom is -0.463 e. The van der Waals surface area contributed by atoms with Gasteiger partial charge in [0.2, 0.25) is 0 Å². The number of H-pyrrole nitrogens is 1. The number of aromatic nitrogens is 2. The number of esters is 3. The van der Waals surface area contributed by atoms with Crippen molar-refractivity contribution >= 4 is 17.9 Å². The Morgan fingerprint density at radius 1 is 1.18 bits per heavy atom. The summed E-state index contributed by atoms with van der Waals surface area (Å²) in [7, 11) is 0. The average molecular weight is 400 g/mol. The molecule has 0 unspecified atom stereocenters. The third-order valence-electron chi connectivity index (χ3n) is 3.96. The number of aliphatic hydroxyl groups excluding tert-OH is 1. The van der Waals surface area contributed by atoms with Crippen molar-refractivity contribution in [2.75, 3.05) is 13.2 Å². The molecule has 0 saturated carbocycles. The lowest BCUT2D eigenvalue weighted by Crippen LogP contribution is -2.53. The van der Waals surface area contributed by atoms with E-state index in [1.807, 2.05) is 4.98 Å². The van der Waals surface area contributed by atoms with E-state index in [4.69, 9.17) is 18.9 Å². The summed E-state index contributed by atoms with van der Waals surface area (Å²) >= 11 is 0. The summed E-state index contributed by atoms with van der Waals surface area (Å²) in [5, 5.41) is 9.95. The molecule has 1 saturated heterocycles. The number of carbonyl (C=O) groups is 3. The second-order valence-corrected chi connectivity index (χ2v) is 6.13. The van der Waals surface area contributed by atoms with Crippen LogP contribution in [0.3, 0.4) is 0 Å². The van der Waals surface area contributed by atoms with Crippen LogP contribution >= 0.6 is 0 Å². The molecule has 154 valence electrons. The topological polar surface area (TPSA) is 163 Å². The molecule has 0 aromatic carbocycles. The quantitative estimate of drug-likeness (QED) is 0.412. The van der Waals surface area contributed by atoms with Crippen LogP contribution in [0.5, 0.6) is 0 Å². The SMILES string of the molecule is CC(=O)OC[C@@]1(CO)O[C@@H](n2ccc(=O)[nH]c2=O)[C@H](OC(C)=O)[C@H]1OC(C)=O. The van der Waals surface area contributed by atoms with Gasteiger partial charge in [-0.25, -0.2) is 4.79 Å². The molecular weight excluding hydrogens is 380 g/mol. The Kier molecular flexibility index (Phi) is 6.36. The lowest BCUT2D eigenvalue weighted by molar-refractivity contribution is -0.185. The zero-order valence-electron chi connectivity index (χ0n) is 15.4. The maximum Gasteiger partial charge on any atom is 0.330 e. The Morgan fingerprint density at radius 2 is 1.82 bits per heavy atom. The number of hydrogen-bond donors (Lipinski definition) is 2. The van der Waals surface area contributed by atoms with Gasteiger partial charge in [0.1, 0.15) is 6.61 Å². The molecule has 0 radical (unpaired) electrons. The summed E-state index contributed by atoms with van der Waals surface area (Å²) in [6.45, 7) is 1.93. The van der Waals surface area contributed by atoms with E-state index in [0.717, 1.165) is 37.6 Å². The normalized spacial score (nSPS) is 26.5. The van der Waals surface area contributed by atoms with Gasteiger partial charge >= 0.3 is 23.6 Å². The highest BCUT2D eigenvalue weighted by Crippen LogP contribution is 2.40. The maximum atomic E-state index is 12.2. The molecule has 0 spiro atoms. The molecule has 1 aromatic rings. The molecule has 12 heteroatoms. The first-order valence-corrected chi connectivity index (χ1v) is 8.17. The number of nitrogens with one attached hydrogen (secondary N) is 1. The number of rotatable bonds is 6. The van der Waals surface area contributed by atoms with Crippen LogP contribution in [0.1, 0.15) is 27.0 Å². The molecule has 1 fully saturated rings. The minimum absolute atomic E-state index is 0.552. The Balaban J connectivity index is 2.57. The standard InChI is InChI=1S/C16H20N2O10/c1-8(20)25-7-16(6-19)13(27-10(3)22)12(26-9(2)21)14(28-16)18-5-4-11(23)17-15(18)24/h4-5,12-14,19H,6-7H2,1-3H3,(H,17,23,24)/t12-,13-,14-,16-/m1/s1. The van der Waals surface area contributed by atoms with Gasteiger partial charge in [0.05, 0.1) is 6.61 Å². The predicted octanol–water partition coefficient (Wildman–Crippen LogP) is -1.78. The smallest absolute Gasteiger partial charge is 0.330 e. The first-order chi connectivity index (χ1) is 13.1. The van der Waals surface area contributed by atoms with Crippen molar-refractivity contribution in [3.63, 3.8) is 0 Å². The van der Waals surface area contributed by atoms with Crippen molar-refractivity contribution in [1.82, 2.24) is 9.55 Å². The molecule has 2 heterocycles. The zero-order valence-corrected chi connectivity index (χ0v) is 15.4. The van der Waals surface area contributed by atoms with Crippen molar-refractivity contribution in [3.05, 3.63) is 33.1 Å². The minimum atomic E-state index is -1.82. The van der Waals surface area contributed by atoms with E-state index >= 15 is 0 Å². The van der Waals surface area contributed by atoms with Gasteiger partial charge in [-0.05, 0) is 0 Å². The van der Waals surface area contributed by atoms with Gasteiger partial charge in [-0.3, -0.25) is 28.7 Å². The Labute approximate surface area is 158 Å². The van der Waals surface area contributed by atoms with Crippen LogP contribution < -0.4 is 11.2 Å². The van der Waals surface area contributed by atoms with Crippen LogP contribution in [-0.4, -0.2) is 63.6 Å².